The number of esters is 1. The summed E-state index contributed by atoms with van der Waals surface area (Å²) in [5, 5.41) is 0. The molecule has 1 atom stereocenters. The summed E-state index contributed by atoms with van der Waals surface area (Å²) in [6, 6.07) is 5.99. The molecule has 2 rings (SSSR count). The topological polar surface area (TPSA) is 55.8 Å². The summed E-state index contributed by atoms with van der Waals surface area (Å²) in [7, 11) is 1.40. The Kier molecular flexibility index (Phi) is 5.91. The van der Waals surface area contributed by atoms with Gasteiger partial charge in [-0.15, -0.1) is 0 Å². The minimum absolute atomic E-state index is 0.0352. The molecule has 0 aliphatic carbocycles. The Hall–Kier alpha value is -1.56. The second-order valence-corrected chi connectivity index (χ2v) is 7.93. The van der Waals surface area contributed by atoms with E-state index in [0.29, 0.717) is 25.9 Å². The summed E-state index contributed by atoms with van der Waals surface area (Å²) in [6.45, 7) is 6.58. The summed E-state index contributed by atoms with van der Waals surface area (Å²) in [4.78, 5) is 25.9. The molecule has 1 aromatic rings. The summed E-state index contributed by atoms with van der Waals surface area (Å²) < 4.78 is 11.3. The van der Waals surface area contributed by atoms with E-state index in [1.807, 2.05) is 39.0 Å². The Morgan fingerprint density at radius 1 is 1.33 bits per heavy atom. The molecule has 1 unspecified atom stereocenters. The fourth-order valence-electron chi connectivity index (χ4n) is 2.84. The van der Waals surface area contributed by atoms with Crippen LogP contribution in [0.4, 0.5) is 4.79 Å². The summed E-state index contributed by atoms with van der Waals surface area (Å²) in [5.41, 5.74) is 1.59. The Labute approximate surface area is 151 Å². The van der Waals surface area contributed by atoms with Gasteiger partial charge in [-0.2, -0.15) is 0 Å². The lowest BCUT2D eigenvalue weighted by atomic mass is 9.90. The van der Waals surface area contributed by atoms with Gasteiger partial charge in [-0.05, 0) is 56.4 Å². The number of amides is 1. The average Bonchev–Trinajstić information content (AvgIpc) is 2.65. The smallest absolute Gasteiger partial charge is 0.410 e. The quantitative estimate of drug-likeness (QED) is 0.700. The van der Waals surface area contributed by atoms with E-state index in [9.17, 15) is 9.59 Å². The SMILES string of the molecule is COC(=O)CC1CCN(C(=O)OC(C)(C)C)Cc2cc(Br)ccc21. The van der Waals surface area contributed by atoms with Crippen LogP contribution in [0.3, 0.4) is 0 Å². The number of ether oxygens (including phenoxy) is 2. The lowest BCUT2D eigenvalue weighted by molar-refractivity contribution is -0.141. The van der Waals surface area contributed by atoms with Gasteiger partial charge in [-0.1, -0.05) is 22.0 Å². The number of hydrogen-bond acceptors (Lipinski definition) is 4. The van der Waals surface area contributed by atoms with E-state index in [1.54, 1.807) is 4.90 Å². The number of carbonyl (C=O) groups is 2. The van der Waals surface area contributed by atoms with Gasteiger partial charge >= 0.3 is 12.1 Å². The molecule has 0 fully saturated rings. The second kappa shape index (κ2) is 7.55. The van der Waals surface area contributed by atoms with E-state index >= 15 is 0 Å². The van der Waals surface area contributed by atoms with Crippen molar-refractivity contribution >= 4 is 28.0 Å². The Morgan fingerprint density at radius 2 is 2.04 bits per heavy atom. The van der Waals surface area contributed by atoms with E-state index in [0.717, 1.165) is 15.6 Å². The highest BCUT2D eigenvalue weighted by Gasteiger charge is 2.29. The van der Waals surface area contributed by atoms with Crippen molar-refractivity contribution < 1.29 is 19.1 Å². The molecule has 0 saturated heterocycles. The maximum absolute atomic E-state index is 12.4. The number of rotatable bonds is 2. The van der Waals surface area contributed by atoms with Gasteiger partial charge in [0.1, 0.15) is 5.60 Å². The molecular formula is C18H24BrNO4. The molecule has 24 heavy (non-hydrogen) atoms. The van der Waals surface area contributed by atoms with Crippen LogP contribution < -0.4 is 0 Å². The highest BCUT2D eigenvalue weighted by atomic mass is 79.9. The molecule has 1 heterocycles. The van der Waals surface area contributed by atoms with E-state index in [1.165, 1.54) is 7.11 Å². The van der Waals surface area contributed by atoms with E-state index in [4.69, 9.17) is 9.47 Å². The molecule has 0 bridgehead atoms. The molecule has 132 valence electrons. The van der Waals surface area contributed by atoms with Crippen LogP contribution in [0.15, 0.2) is 22.7 Å². The first kappa shape index (κ1) is 18.8. The van der Waals surface area contributed by atoms with Gasteiger partial charge in [-0.25, -0.2) is 4.79 Å². The molecule has 0 saturated carbocycles. The first-order valence-electron chi connectivity index (χ1n) is 8.02. The number of halogens is 1. The Morgan fingerprint density at radius 3 is 2.67 bits per heavy atom. The van der Waals surface area contributed by atoms with Crippen LogP contribution in [-0.2, 0) is 20.8 Å². The Balaban J connectivity index is 2.26. The van der Waals surface area contributed by atoms with Gasteiger partial charge in [0.2, 0.25) is 0 Å². The van der Waals surface area contributed by atoms with Gasteiger partial charge in [0.05, 0.1) is 13.5 Å². The van der Waals surface area contributed by atoms with Crippen molar-refractivity contribution in [1.29, 1.82) is 0 Å². The van der Waals surface area contributed by atoms with Crippen molar-refractivity contribution in [2.24, 2.45) is 0 Å². The largest absolute Gasteiger partial charge is 0.469 e. The maximum Gasteiger partial charge on any atom is 0.410 e. The minimum Gasteiger partial charge on any atom is -0.469 e. The average molecular weight is 398 g/mol. The van der Waals surface area contributed by atoms with E-state index in [-0.39, 0.29) is 18.0 Å². The zero-order valence-electron chi connectivity index (χ0n) is 14.6. The first-order valence-corrected chi connectivity index (χ1v) is 8.82. The molecule has 6 heteroatoms. The van der Waals surface area contributed by atoms with Crippen LogP contribution in [0.2, 0.25) is 0 Å². The highest BCUT2D eigenvalue weighted by molar-refractivity contribution is 9.10. The summed E-state index contributed by atoms with van der Waals surface area (Å²) in [5.74, 6) is -0.201. The van der Waals surface area contributed by atoms with Crippen molar-refractivity contribution in [3.8, 4) is 0 Å². The van der Waals surface area contributed by atoms with E-state index < -0.39 is 5.60 Å². The predicted octanol–water partition coefficient (Wildman–Crippen LogP) is 4.24. The molecule has 0 aromatic heterocycles. The zero-order chi connectivity index (χ0) is 17.9. The molecule has 1 amide bonds. The van der Waals surface area contributed by atoms with Crippen LogP contribution in [0.1, 0.15) is 50.7 Å². The molecule has 0 spiro atoms. The minimum atomic E-state index is -0.533. The number of hydrogen-bond donors (Lipinski definition) is 0. The van der Waals surface area contributed by atoms with Gasteiger partial charge in [0, 0.05) is 17.6 Å². The molecule has 1 aliphatic heterocycles. The molecule has 0 radical (unpaired) electrons. The van der Waals surface area contributed by atoms with Crippen molar-refractivity contribution in [2.75, 3.05) is 13.7 Å². The Bertz CT molecular complexity index is 624. The summed E-state index contributed by atoms with van der Waals surface area (Å²) >= 11 is 3.48. The van der Waals surface area contributed by atoms with Gasteiger partial charge in [-0.3, -0.25) is 4.79 Å². The standard InChI is InChI=1S/C18H24BrNO4/c1-18(2,3)24-17(22)20-8-7-12(10-16(21)23-4)15-6-5-14(19)9-13(15)11-20/h5-6,9,12H,7-8,10-11H2,1-4H3. The van der Waals surface area contributed by atoms with Crippen LogP contribution in [-0.4, -0.2) is 36.2 Å². The first-order chi connectivity index (χ1) is 11.2. The third-order valence-electron chi connectivity index (χ3n) is 3.95. The van der Waals surface area contributed by atoms with Gasteiger partial charge < -0.3 is 14.4 Å². The molecule has 5 nitrogen and oxygen atoms in total. The normalized spacial score (nSPS) is 17.7. The van der Waals surface area contributed by atoms with Crippen LogP contribution in [0, 0.1) is 0 Å². The van der Waals surface area contributed by atoms with Crippen LogP contribution >= 0.6 is 15.9 Å². The number of fused-ring (bicyclic) bond motifs is 1. The number of carbonyl (C=O) groups excluding carboxylic acids is 2. The lowest BCUT2D eigenvalue weighted by Crippen LogP contribution is -2.36. The van der Waals surface area contributed by atoms with Gasteiger partial charge in [0.25, 0.3) is 0 Å². The van der Waals surface area contributed by atoms with Gasteiger partial charge in [0.15, 0.2) is 0 Å². The van der Waals surface area contributed by atoms with Crippen molar-refractivity contribution in [2.45, 2.75) is 51.7 Å². The van der Waals surface area contributed by atoms with Crippen LogP contribution in [0.25, 0.3) is 0 Å². The molecule has 1 aliphatic rings. The fraction of sp³-hybridized carbons (Fsp3) is 0.556. The fourth-order valence-corrected chi connectivity index (χ4v) is 3.25. The molecular weight excluding hydrogens is 374 g/mol. The zero-order valence-corrected chi connectivity index (χ0v) is 16.2. The number of methoxy groups -OCH3 is 1. The number of nitrogens with zero attached hydrogens (tertiary/aromatic N) is 1. The predicted molar refractivity (Wildman–Crippen MR) is 94.8 cm³/mol. The second-order valence-electron chi connectivity index (χ2n) is 7.01. The number of benzene rings is 1. The lowest BCUT2D eigenvalue weighted by Gasteiger charge is -2.26. The third kappa shape index (κ3) is 4.97. The molecule has 0 N–H and O–H groups in total. The summed E-state index contributed by atoms with van der Waals surface area (Å²) in [6.07, 6.45) is 0.683. The third-order valence-corrected chi connectivity index (χ3v) is 4.44. The maximum atomic E-state index is 12.4. The molecule has 1 aromatic carbocycles. The highest BCUT2D eigenvalue weighted by Crippen LogP contribution is 2.33. The van der Waals surface area contributed by atoms with Crippen molar-refractivity contribution in [3.63, 3.8) is 0 Å². The monoisotopic (exact) mass is 397 g/mol. The van der Waals surface area contributed by atoms with Crippen molar-refractivity contribution in [3.05, 3.63) is 33.8 Å². The van der Waals surface area contributed by atoms with Crippen LogP contribution in [0.5, 0.6) is 0 Å². The van der Waals surface area contributed by atoms with Crippen molar-refractivity contribution in [1.82, 2.24) is 4.90 Å². The van der Waals surface area contributed by atoms with E-state index in [2.05, 4.69) is 15.9 Å².